The van der Waals surface area contributed by atoms with E-state index in [1.54, 1.807) is 13.2 Å². The molecule has 0 aromatic heterocycles. The Morgan fingerprint density at radius 3 is 2.62 bits per heavy atom. The lowest BCUT2D eigenvalue weighted by Crippen LogP contribution is -2.07. The molecule has 0 atom stereocenters. The van der Waals surface area contributed by atoms with Crippen molar-refractivity contribution in [3.8, 4) is 11.5 Å². The van der Waals surface area contributed by atoms with Crippen molar-refractivity contribution >= 4 is 33.6 Å². The molecule has 0 aliphatic heterocycles. The van der Waals surface area contributed by atoms with E-state index < -0.39 is 0 Å². The van der Waals surface area contributed by atoms with E-state index in [0.717, 1.165) is 21.3 Å². The predicted molar refractivity (Wildman–Crippen MR) is 120 cm³/mol. The fourth-order valence-electron chi connectivity index (χ4n) is 2.76. The van der Waals surface area contributed by atoms with Crippen LogP contribution in [0.4, 0.5) is 5.69 Å². The highest BCUT2D eigenvalue weighted by Crippen LogP contribution is 2.29. The van der Waals surface area contributed by atoms with Crippen LogP contribution in [0.25, 0.3) is 6.08 Å². The summed E-state index contributed by atoms with van der Waals surface area (Å²) in [7, 11) is 1.60. The molecule has 0 fully saturated rings. The molecule has 0 heterocycles. The number of carbonyl (C=O) groups excluding carboxylic acids is 1. The molecule has 3 rings (SSSR count). The Hall–Kier alpha value is -3.05. The number of hydrogen-bond acceptors (Lipinski definition) is 3. The monoisotopic (exact) mass is 451 g/mol. The molecule has 3 aromatic rings. The Labute approximate surface area is 179 Å². The molecule has 0 aliphatic carbocycles. The Balaban J connectivity index is 1.65. The number of anilines is 1. The van der Waals surface area contributed by atoms with Gasteiger partial charge in [0.15, 0.2) is 11.5 Å². The van der Waals surface area contributed by atoms with Crippen LogP contribution in [0, 0.1) is 6.92 Å². The van der Waals surface area contributed by atoms with Crippen LogP contribution in [0.3, 0.4) is 0 Å². The van der Waals surface area contributed by atoms with Crippen LogP contribution in [0.2, 0.25) is 0 Å². The number of carbonyl (C=O) groups is 1. The maximum Gasteiger partial charge on any atom is 0.248 e. The average Bonchev–Trinajstić information content (AvgIpc) is 2.72. The summed E-state index contributed by atoms with van der Waals surface area (Å²) in [6.45, 7) is 2.52. The summed E-state index contributed by atoms with van der Waals surface area (Å²) in [5, 5.41) is 2.83. The van der Waals surface area contributed by atoms with Gasteiger partial charge < -0.3 is 14.8 Å². The number of methoxy groups -OCH3 is 1. The minimum atomic E-state index is -0.207. The van der Waals surface area contributed by atoms with Gasteiger partial charge in [-0.05, 0) is 60.0 Å². The number of nitrogens with one attached hydrogen (secondary N) is 1. The zero-order valence-electron chi connectivity index (χ0n) is 16.3. The third-order valence-electron chi connectivity index (χ3n) is 4.35. The predicted octanol–water partition coefficient (Wildman–Crippen LogP) is 6.00. The summed E-state index contributed by atoms with van der Waals surface area (Å²) in [5.74, 6) is 1.07. The van der Waals surface area contributed by atoms with Gasteiger partial charge in [0, 0.05) is 16.2 Å². The van der Waals surface area contributed by atoms with Crippen LogP contribution in [0.1, 0.15) is 16.7 Å². The van der Waals surface area contributed by atoms with Crippen molar-refractivity contribution in [1.82, 2.24) is 0 Å². The highest BCUT2D eigenvalue weighted by Gasteiger charge is 2.07. The number of hydrogen-bond donors (Lipinski definition) is 1. The topological polar surface area (TPSA) is 47.6 Å². The van der Waals surface area contributed by atoms with E-state index in [1.165, 1.54) is 11.6 Å². The lowest BCUT2D eigenvalue weighted by atomic mass is 10.1. The molecular formula is C24H22BrNO3. The molecule has 29 heavy (non-hydrogen) atoms. The molecule has 0 radical (unpaired) electrons. The van der Waals surface area contributed by atoms with Crippen LogP contribution in [0.5, 0.6) is 11.5 Å². The molecule has 148 valence electrons. The molecule has 1 amide bonds. The van der Waals surface area contributed by atoms with Gasteiger partial charge in [-0.15, -0.1) is 0 Å². The maximum absolute atomic E-state index is 12.1. The second kappa shape index (κ2) is 9.94. The van der Waals surface area contributed by atoms with Gasteiger partial charge in [0.25, 0.3) is 0 Å². The van der Waals surface area contributed by atoms with E-state index in [9.17, 15) is 4.79 Å². The standard InChI is InChI=1S/C24H22BrNO3/c1-17-6-3-4-7-19(17)16-29-22-12-10-18(14-23(22)28-2)11-13-24(27)26-21-9-5-8-20(25)15-21/h3-15H,16H2,1-2H3,(H,26,27)/b13-11+. The van der Waals surface area contributed by atoms with Gasteiger partial charge in [-0.25, -0.2) is 0 Å². The molecule has 4 nitrogen and oxygen atoms in total. The number of aryl methyl sites for hydroxylation is 1. The van der Waals surface area contributed by atoms with Crippen LogP contribution in [0.15, 0.2) is 77.3 Å². The Bertz CT molecular complexity index is 1030. The summed E-state index contributed by atoms with van der Waals surface area (Å²) >= 11 is 3.39. The molecule has 0 bridgehead atoms. The average molecular weight is 452 g/mol. The van der Waals surface area contributed by atoms with Gasteiger partial charge >= 0.3 is 0 Å². The van der Waals surface area contributed by atoms with E-state index in [-0.39, 0.29) is 5.91 Å². The zero-order valence-corrected chi connectivity index (χ0v) is 17.9. The number of rotatable bonds is 7. The summed E-state index contributed by atoms with van der Waals surface area (Å²) < 4.78 is 12.3. The summed E-state index contributed by atoms with van der Waals surface area (Å²) in [4.78, 5) is 12.1. The third kappa shape index (κ3) is 5.96. The normalized spacial score (nSPS) is 10.7. The number of amides is 1. The van der Waals surface area contributed by atoms with Crippen molar-refractivity contribution in [2.75, 3.05) is 12.4 Å². The Morgan fingerprint density at radius 1 is 1.03 bits per heavy atom. The van der Waals surface area contributed by atoms with Gasteiger partial charge in [-0.1, -0.05) is 52.3 Å². The molecule has 0 saturated carbocycles. The first kappa shape index (κ1) is 20.7. The summed E-state index contributed by atoms with van der Waals surface area (Å²) in [5.41, 5.74) is 3.88. The van der Waals surface area contributed by atoms with Gasteiger partial charge in [0.05, 0.1) is 7.11 Å². The highest BCUT2D eigenvalue weighted by atomic mass is 79.9. The second-order valence-electron chi connectivity index (χ2n) is 6.46. The number of ether oxygens (including phenoxy) is 2. The number of benzene rings is 3. The lowest BCUT2D eigenvalue weighted by molar-refractivity contribution is -0.111. The van der Waals surface area contributed by atoms with Gasteiger partial charge in [0.1, 0.15) is 6.61 Å². The smallest absolute Gasteiger partial charge is 0.248 e. The van der Waals surface area contributed by atoms with E-state index in [0.29, 0.717) is 18.1 Å². The van der Waals surface area contributed by atoms with E-state index >= 15 is 0 Å². The SMILES string of the molecule is COc1cc(/C=C/C(=O)Nc2cccc(Br)c2)ccc1OCc1ccccc1C. The second-order valence-corrected chi connectivity index (χ2v) is 7.37. The highest BCUT2D eigenvalue weighted by molar-refractivity contribution is 9.10. The molecule has 0 saturated heterocycles. The third-order valence-corrected chi connectivity index (χ3v) is 4.84. The largest absolute Gasteiger partial charge is 0.493 e. The van der Waals surface area contributed by atoms with E-state index in [1.807, 2.05) is 60.7 Å². The first-order valence-electron chi connectivity index (χ1n) is 9.15. The molecule has 0 aliphatic rings. The fourth-order valence-corrected chi connectivity index (χ4v) is 3.16. The van der Waals surface area contributed by atoms with Crippen molar-refractivity contribution in [3.63, 3.8) is 0 Å². The quantitative estimate of drug-likeness (QED) is 0.448. The van der Waals surface area contributed by atoms with Crippen LogP contribution >= 0.6 is 15.9 Å². The molecule has 3 aromatic carbocycles. The number of halogens is 1. The van der Waals surface area contributed by atoms with Gasteiger partial charge in [-0.2, -0.15) is 0 Å². The minimum Gasteiger partial charge on any atom is -0.493 e. The van der Waals surface area contributed by atoms with E-state index in [2.05, 4.69) is 34.2 Å². The zero-order chi connectivity index (χ0) is 20.6. The molecular weight excluding hydrogens is 430 g/mol. The fraction of sp³-hybridized carbons (Fsp3) is 0.125. The first-order valence-corrected chi connectivity index (χ1v) is 9.94. The minimum absolute atomic E-state index is 0.207. The van der Waals surface area contributed by atoms with E-state index in [4.69, 9.17) is 9.47 Å². The van der Waals surface area contributed by atoms with Crippen molar-refractivity contribution in [2.45, 2.75) is 13.5 Å². The Kier molecular flexibility index (Phi) is 7.09. The summed E-state index contributed by atoms with van der Waals surface area (Å²) in [6, 6.07) is 21.1. The van der Waals surface area contributed by atoms with Crippen molar-refractivity contribution in [3.05, 3.63) is 94.0 Å². The van der Waals surface area contributed by atoms with Crippen LogP contribution < -0.4 is 14.8 Å². The van der Waals surface area contributed by atoms with Crippen LogP contribution in [-0.2, 0) is 11.4 Å². The lowest BCUT2D eigenvalue weighted by Gasteiger charge is -2.12. The van der Waals surface area contributed by atoms with Gasteiger partial charge in [0.2, 0.25) is 5.91 Å². The molecule has 5 heteroatoms. The van der Waals surface area contributed by atoms with Gasteiger partial charge in [-0.3, -0.25) is 4.79 Å². The Morgan fingerprint density at radius 2 is 1.86 bits per heavy atom. The molecule has 0 spiro atoms. The molecule has 1 N–H and O–H groups in total. The van der Waals surface area contributed by atoms with Crippen molar-refractivity contribution < 1.29 is 14.3 Å². The first-order chi connectivity index (χ1) is 14.0. The molecule has 0 unspecified atom stereocenters. The summed E-state index contributed by atoms with van der Waals surface area (Å²) in [6.07, 6.45) is 3.23. The van der Waals surface area contributed by atoms with Crippen molar-refractivity contribution in [2.24, 2.45) is 0 Å². The maximum atomic E-state index is 12.1. The van der Waals surface area contributed by atoms with Crippen LogP contribution in [-0.4, -0.2) is 13.0 Å². The van der Waals surface area contributed by atoms with Crippen molar-refractivity contribution in [1.29, 1.82) is 0 Å².